The number of hydrogen-bond acceptors (Lipinski definition) is 8. The average molecular weight is 574 g/mol. The Morgan fingerprint density at radius 1 is 1.25 bits per heavy atom. The van der Waals surface area contributed by atoms with Gasteiger partial charge in [-0.15, -0.1) is 0 Å². The number of rotatable bonds is 12. The van der Waals surface area contributed by atoms with Crippen molar-refractivity contribution in [3.05, 3.63) is 87.3 Å². The Morgan fingerprint density at radius 2 is 1.93 bits per heavy atom. The van der Waals surface area contributed by atoms with Crippen LogP contribution in [-0.4, -0.2) is 59.8 Å². The molecular formula is C27H31N3O9S. The second-order valence-corrected chi connectivity index (χ2v) is 10.1. The quantitative estimate of drug-likeness (QED) is 0.158. The van der Waals surface area contributed by atoms with E-state index in [2.05, 4.69) is 11.9 Å². The maximum absolute atomic E-state index is 12.8. The third-order valence-corrected chi connectivity index (χ3v) is 6.78. The van der Waals surface area contributed by atoms with Gasteiger partial charge in [0.15, 0.2) is 5.76 Å². The van der Waals surface area contributed by atoms with Crippen molar-refractivity contribution in [1.82, 2.24) is 5.32 Å². The van der Waals surface area contributed by atoms with Gasteiger partial charge in [0.05, 0.1) is 5.56 Å². The standard InChI is InChI=1S/C27H31N3O9S/c1-4-6-19-24(17(5-2)21(11-12-28)39-25(19)22(14-29)40(36,37)38)18-9-8-16(13-20(18)27(34)35)26(33)30-15(3)7-10-23(31)32/h5-6,8-9,11-13,15,28H,2,4,7,10,14,29H2,1,3H3,(H,30,33)(H,31,32)(H,34,35)(H,36,37,38)/b19-6-,21-11+,25-22-,28-12?. The Hall–Kier alpha value is -4.33. The molecule has 0 saturated carbocycles. The smallest absolute Gasteiger partial charge is 0.336 e. The molecule has 1 aliphatic heterocycles. The molecule has 0 aromatic heterocycles. The highest BCUT2D eigenvalue weighted by molar-refractivity contribution is 7.89. The fourth-order valence-corrected chi connectivity index (χ4v) is 4.61. The van der Waals surface area contributed by atoms with E-state index in [1.165, 1.54) is 24.3 Å². The van der Waals surface area contributed by atoms with Crippen LogP contribution in [0.15, 0.2) is 70.6 Å². The van der Waals surface area contributed by atoms with Crippen LogP contribution in [0.25, 0.3) is 5.57 Å². The number of carboxylic acids is 2. The van der Waals surface area contributed by atoms with Gasteiger partial charge in [-0.1, -0.05) is 31.7 Å². The van der Waals surface area contributed by atoms with E-state index < -0.39 is 45.5 Å². The lowest BCUT2D eigenvalue weighted by Gasteiger charge is -2.29. The van der Waals surface area contributed by atoms with E-state index >= 15 is 0 Å². The molecule has 2 rings (SSSR count). The van der Waals surface area contributed by atoms with Crippen LogP contribution in [0.2, 0.25) is 0 Å². The molecule has 0 bridgehead atoms. The Kier molecular flexibility index (Phi) is 10.9. The second kappa shape index (κ2) is 13.6. The molecule has 1 aromatic carbocycles. The number of benzene rings is 1. The Morgan fingerprint density at radius 3 is 2.42 bits per heavy atom. The van der Waals surface area contributed by atoms with E-state index in [0.29, 0.717) is 6.42 Å². The van der Waals surface area contributed by atoms with Gasteiger partial charge in [0.2, 0.25) is 0 Å². The number of allylic oxidation sites excluding steroid dienone is 4. The van der Waals surface area contributed by atoms with E-state index in [1.54, 1.807) is 19.9 Å². The largest absolute Gasteiger partial charge is 0.481 e. The van der Waals surface area contributed by atoms with E-state index in [4.69, 9.17) is 21.0 Å². The van der Waals surface area contributed by atoms with Crippen molar-refractivity contribution in [3.63, 3.8) is 0 Å². The van der Waals surface area contributed by atoms with Crippen LogP contribution in [0.3, 0.4) is 0 Å². The van der Waals surface area contributed by atoms with Crippen LogP contribution in [0.4, 0.5) is 0 Å². The first-order valence-electron chi connectivity index (χ1n) is 12.1. The maximum Gasteiger partial charge on any atom is 0.336 e. The number of hydrogen-bond donors (Lipinski definition) is 6. The summed E-state index contributed by atoms with van der Waals surface area (Å²) in [6, 6.07) is 3.37. The van der Waals surface area contributed by atoms with Crippen molar-refractivity contribution in [1.29, 1.82) is 5.41 Å². The first kappa shape index (κ1) is 31.9. The predicted octanol–water partition coefficient (Wildman–Crippen LogP) is 3.27. The van der Waals surface area contributed by atoms with Crippen molar-refractivity contribution >= 4 is 39.8 Å². The number of carbonyl (C=O) groups is 3. The van der Waals surface area contributed by atoms with Gasteiger partial charge in [-0.25, -0.2) is 4.79 Å². The molecule has 0 fully saturated rings. The Balaban J connectivity index is 2.86. The summed E-state index contributed by atoms with van der Waals surface area (Å²) in [5, 5.41) is 29.1. The maximum atomic E-state index is 12.8. The zero-order valence-corrected chi connectivity index (χ0v) is 22.7. The van der Waals surface area contributed by atoms with Crippen LogP contribution in [0.5, 0.6) is 0 Å². The highest BCUT2D eigenvalue weighted by Crippen LogP contribution is 2.44. The number of carboxylic acid groups (broad SMARTS) is 2. The molecule has 0 aliphatic carbocycles. The van der Waals surface area contributed by atoms with Crippen molar-refractivity contribution in [2.24, 2.45) is 5.73 Å². The van der Waals surface area contributed by atoms with Gasteiger partial charge in [-0.3, -0.25) is 14.1 Å². The number of amides is 1. The highest BCUT2D eigenvalue weighted by Gasteiger charge is 2.34. The summed E-state index contributed by atoms with van der Waals surface area (Å²) >= 11 is 0. The minimum atomic E-state index is -4.85. The number of nitrogens with two attached hydrogens (primary N) is 1. The summed E-state index contributed by atoms with van der Waals surface area (Å²) in [6.45, 7) is 6.48. The van der Waals surface area contributed by atoms with Crippen molar-refractivity contribution < 1.29 is 42.3 Å². The van der Waals surface area contributed by atoms with E-state index in [0.717, 1.165) is 12.3 Å². The zero-order chi connectivity index (χ0) is 30.2. The van der Waals surface area contributed by atoms with Gasteiger partial charge in [-0.05, 0) is 43.5 Å². The lowest BCUT2D eigenvalue weighted by molar-refractivity contribution is -0.137. The lowest BCUT2D eigenvalue weighted by Crippen LogP contribution is -2.33. The fourth-order valence-electron chi connectivity index (χ4n) is 4.01. The zero-order valence-electron chi connectivity index (χ0n) is 21.9. The Bertz CT molecular complexity index is 1470. The summed E-state index contributed by atoms with van der Waals surface area (Å²) in [6.07, 6.45) is 5.31. The SMILES string of the molecule is C=CC1=C(c2ccc(C(=O)NC(C)CCC(=O)O)cc2C(=O)O)C(=C/CC)/C(=C(\CN)S(=O)(=O)O)O/C1=C/C=N. The summed E-state index contributed by atoms with van der Waals surface area (Å²) < 4.78 is 40.0. The minimum Gasteiger partial charge on any atom is -0.481 e. The van der Waals surface area contributed by atoms with Crippen molar-refractivity contribution in [3.8, 4) is 0 Å². The number of aliphatic carboxylic acids is 1. The van der Waals surface area contributed by atoms with Crippen LogP contribution in [0.1, 0.15) is 59.4 Å². The number of carbonyl (C=O) groups excluding carboxylic acids is 1. The van der Waals surface area contributed by atoms with Crippen molar-refractivity contribution in [2.45, 2.75) is 39.2 Å². The van der Waals surface area contributed by atoms with Gasteiger partial charge in [-0.2, -0.15) is 8.42 Å². The first-order valence-corrected chi connectivity index (χ1v) is 13.5. The van der Waals surface area contributed by atoms with Crippen LogP contribution in [-0.2, 0) is 19.6 Å². The molecule has 7 N–H and O–H groups in total. The van der Waals surface area contributed by atoms with E-state index in [-0.39, 0.29) is 57.8 Å². The van der Waals surface area contributed by atoms with Gasteiger partial charge >= 0.3 is 11.9 Å². The number of ether oxygens (including phenoxy) is 1. The first-order chi connectivity index (χ1) is 18.8. The summed E-state index contributed by atoms with van der Waals surface area (Å²) in [5.74, 6) is -3.44. The monoisotopic (exact) mass is 573 g/mol. The van der Waals surface area contributed by atoms with E-state index in [9.17, 15) is 32.5 Å². The van der Waals surface area contributed by atoms with Gasteiger partial charge in [0.1, 0.15) is 10.7 Å². The molecule has 12 nitrogen and oxygen atoms in total. The van der Waals surface area contributed by atoms with Crippen molar-refractivity contribution in [2.75, 3.05) is 6.54 Å². The molecule has 1 heterocycles. The average Bonchev–Trinajstić information content (AvgIpc) is 2.87. The third-order valence-electron chi connectivity index (χ3n) is 5.81. The third kappa shape index (κ3) is 7.40. The summed E-state index contributed by atoms with van der Waals surface area (Å²) in [7, 11) is -4.85. The topological polar surface area (TPSA) is 217 Å². The molecule has 0 saturated heterocycles. The lowest BCUT2D eigenvalue weighted by atomic mass is 9.84. The summed E-state index contributed by atoms with van der Waals surface area (Å²) in [4.78, 5) is 35.4. The predicted molar refractivity (Wildman–Crippen MR) is 148 cm³/mol. The fraction of sp³-hybridized carbons (Fsp3) is 0.259. The molecule has 1 aromatic rings. The Labute approximate surface area is 231 Å². The van der Waals surface area contributed by atoms with Gasteiger partial charge in [0, 0.05) is 47.5 Å². The van der Waals surface area contributed by atoms with E-state index in [1.807, 2.05) is 0 Å². The van der Waals surface area contributed by atoms with Gasteiger partial charge < -0.3 is 31.4 Å². The molecule has 13 heteroatoms. The molecule has 1 amide bonds. The van der Waals surface area contributed by atoms with Gasteiger partial charge in [0.25, 0.3) is 16.0 Å². The molecule has 0 radical (unpaired) electrons. The molecule has 40 heavy (non-hydrogen) atoms. The molecule has 1 aliphatic rings. The normalized spacial score (nSPS) is 17.7. The highest BCUT2D eigenvalue weighted by atomic mass is 32.2. The van der Waals surface area contributed by atoms with Crippen LogP contribution >= 0.6 is 0 Å². The molecule has 214 valence electrons. The summed E-state index contributed by atoms with van der Waals surface area (Å²) in [5.41, 5.74) is 5.89. The molecule has 1 atom stereocenters. The second-order valence-electron chi connectivity index (χ2n) is 8.62. The molecule has 1 unspecified atom stereocenters. The molecule has 0 spiro atoms. The van der Waals surface area contributed by atoms with Crippen LogP contribution in [0, 0.1) is 5.41 Å². The molecular weight excluding hydrogens is 542 g/mol. The number of aromatic carboxylic acids is 1. The minimum absolute atomic E-state index is 0.0104. The number of nitrogens with one attached hydrogen (secondary N) is 2. The van der Waals surface area contributed by atoms with Crippen LogP contribution < -0.4 is 11.1 Å².